The van der Waals surface area contributed by atoms with Gasteiger partial charge in [-0.25, -0.2) is 4.79 Å². The largest absolute Gasteiger partial charge is 0.478 e. The Balaban J connectivity index is 2.37. The van der Waals surface area contributed by atoms with Crippen molar-refractivity contribution in [3.8, 4) is 0 Å². The summed E-state index contributed by atoms with van der Waals surface area (Å²) >= 11 is 2.00. The van der Waals surface area contributed by atoms with E-state index in [9.17, 15) is 4.79 Å². The Kier molecular flexibility index (Phi) is 4.76. The van der Waals surface area contributed by atoms with E-state index in [-0.39, 0.29) is 0 Å². The van der Waals surface area contributed by atoms with E-state index in [1.165, 1.54) is 6.08 Å². The zero-order valence-electron chi connectivity index (χ0n) is 12.2. The van der Waals surface area contributed by atoms with E-state index in [0.29, 0.717) is 11.3 Å². The minimum Gasteiger partial charge on any atom is -0.478 e. The number of aliphatic carboxylic acids is 1. The van der Waals surface area contributed by atoms with Gasteiger partial charge in [0.05, 0.1) is 0 Å². The van der Waals surface area contributed by atoms with Crippen molar-refractivity contribution in [2.24, 2.45) is 0 Å². The van der Waals surface area contributed by atoms with E-state index >= 15 is 0 Å². The first-order chi connectivity index (χ1) is 9.49. The molecule has 2 unspecified atom stereocenters. The van der Waals surface area contributed by atoms with Gasteiger partial charge in [-0.15, -0.1) is 0 Å². The number of aryl methyl sites for hydroxylation is 1. The van der Waals surface area contributed by atoms with Crippen molar-refractivity contribution in [3.05, 3.63) is 35.4 Å². The molecule has 1 N–H and O–H groups in total. The lowest BCUT2D eigenvalue weighted by Crippen LogP contribution is -2.45. The first kappa shape index (κ1) is 15.0. The Morgan fingerprint density at radius 2 is 2.20 bits per heavy atom. The molecule has 1 heterocycles. The van der Waals surface area contributed by atoms with Crippen molar-refractivity contribution in [3.63, 3.8) is 0 Å². The highest BCUT2D eigenvalue weighted by Gasteiger charge is 2.26. The van der Waals surface area contributed by atoms with E-state index in [4.69, 9.17) is 5.11 Å². The van der Waals surface area contributed by atoms with E-state index in [2.05, 4.69) is 30.9 Å². The lowest BCUT2D eigenvalue weighted by Gasteiger charge is -2.40. The molecule has 2 rings (SSSR count). The first-order valence-electron chi connectivity index (χ1n) is 6.89. The summed E-state index contributed by atoms with van der Waals surface area (Å²) in [6.45, 7) is 7.52. The third kappa shape index (κ3) is 3.37. The van der Waals surface area contributed by atoms with Gasteiger partial charge in [-0.1, -0.05) is 18.6 Å². The summed E-state index contributed by atoms with van der Waals surface area (Å²) in [6, 6.07) is 6.70. The van der Waals surface area contributed by atoms with Crippen molar-refractivity contribution in [2.45, 2.75) is 32.1 Å². The fourth-order valence-corrected chi connectivity index (χ4v) is 3.60. The minimum absolute atomic E-state index is 0.452. The van der Waals surface area contributed by atoms with Crippen LogP contribution in [-0.2, 0) is 4.79 Å². The molecule has 0 aliphatic carbocycles. The van der Waals surface area contributed by atoms with Crippen molar-refractivity contribution in [1.82, 2.24) is 0 Å². The van der Waals surface area contributed by atoms with Crippen molar-refractivity contribution in [2.75, 3.05) is 17.2 Å². The van der Waals surface area contributed by atoms with Gasteiger partial charge in [-0.2, -0.15) is 11.8 Å². The lowest BCUT2D eigenvalue weighted by atomic mass is 10.1. The maximum absolute atomic E-state index is 10.8. The number of carboxylic acids is 1. The number of benzene rings is 1. The third-order valence-electron chi connectivity index (χ3n) is 3.78. The summed E-state index contributed by atoms with van der Waals surface area (Å²) < 4.78 is 0. The molecule has 2 atom stereocenters. The number of rotatable bonds is 3. The normalized spacial score (nSPS) is 23.2. The molecule has 20 heavy (non-hydrogen) atoms. The Hall–Kier alpha value is -1.42. The van der Waals surface area contributed by atoms with Crippen LogP contribution in [0.3, 0.4) is 0 Å². The minimum atomic E-state index is -0.909. The molecule has 0 radical (unpaired) electrons. The predicted molar refractivity (Wildman–Crippen MR) is 86.6 cm³/mol. The van der Waals surface area contributed by atoms with Crippen LogP contribution in [0, 0.1) is 6.92 Å². The van der Waals surface area contributed by atoms with Gasteiger partial charge in [-0.05, 0) is 37.6 Å². The molecule has 1 aromatic carbocycles. The summed E-state index contributed by atoms with van der Waals surface area (Å²) in [6.07, 6.45) is 2.91. The van der Waals surface area contributed by atoms with Gasteiger partial charge in [0.15, 0.2) is 0 Å². The Bertz CT molecular complexity index is 527. The third-order valence-corrected chi connectivity index (χ3v) is 5.12. The Morgan fingerprint density at radius 1 is 1.45 bits per heavy atom. The Labute approximate surface area is 124 Å². The molecule has 1 aromatic rings. The summed E-state index contributed by atoms with van der Waals surface area (Å²) in [5, 5.41) is 9.42. The second kappa shape index (κ2) is 6.35. The molecule has 0 saturated carbocycles. The molecule has 4 heteroatoms. The van der Waals surface area contributed by atoms with Crippen molar-refractivity contribution >= 4 is 29.5 Å². The number of hydrogen-bond donors (Lipinski definition) is 1. The summed E-state index contributed by atoms with van der Waals surface area (Å²) in [5.74, 6) is 0.203. The second-order valence-electron chi connectivity index (χ2n) is 5.24. The smallest absolute Gasteiger partial charge is 0.328 e. The van der Waals surface area contributed by atoms with Gasteiger partial charge in [0.25, 0.3) is 0 Å². The SMILES string of the molecule is Cc1ccc(N2CCSC(C)C2C)c(/C=C/C(=O)O)c1. The highest BCUT2D eigenvalue weighted by atomic mass is 32.2. The molecule has 3 nitrogen and oxygen atoms in total. The van der Waals surface area contributed by atoms with E-state index in [0.717, 1.165) is 29.1 Å². The summed E-state index contributed by atoms with van der Waals surface area (Å²) in [5.41, 5.74) is 3.26. The van der Waals surface area contributed by atoms with E-state index in [1.807, 2.05) is 24.8 Å². The molecule has 1 aliphatic rings. The number of anilines is 1. The molecular formula is C16H21NO2S. The topological polar surface area (TPSA) is 40.5 Å². The number of carbonyl (C=O) groups is 1. The van der Waals surface area contributed by atoms with Gasteiger partial charge >= 0.3 is 5.97 Å². The molecule has 1 saturated heterocycles. The van der Waals surface area contributed by atoms with Crippen LogP contribution in [0.1, 0.15) is 25.0 Å². The fraction of sp³-hybridized carbons (Fsp3) is 0.438. The molecular weight excluding hydrogens is 270 g/mol. The average molecular weight is 291 g/mol. The maximum atomic E-state index is 10.8. The molecule has 1 aliphatic heterocycles. The van der Waals surface area contributed by atoms with E-state index < -0.39 is 5.97 Å². The summed E-state index contributed by atoms with van der Waals surface area (Å²) in [4.78, 5) is 13.1. The van der Waals surface area contributed by atoms with Gasteiger partial charge in [0.1, 0.15) is 0 Å². The highest BCUT2D eigenvalue weighted by Crippen LogP contribution is 2.32. The zero-order valence-corrected chi connectivity index (χ0v) is 13.0. The lowest BCUT2D eigenvalue weighted by molar-refractivity contribution is -0.131. The predicted octanol–water partition coefficient (Wildman–Crippen LogP) is 3.42. The van der Waals surface area contributed by atoms with Gasteiger partial charge < -0.3 is 10.0 Å². The van der Waals surface area contributed by atoms with Crippen LogP contribution in [0.5, 0.6) is 0 Å². The van der Waals surface area contributed by atoms with Crippen molar-refractivity contribution < 1.29 is 9.90 Å². The van der Waals surface area contributed by atoms with Crippen LogP contribution in [0.4, 0.5) is 5.69 Å². The second-order valence-corrected chi connectivity index (χ2v) is 6.73. The first-order valence-corrected chi connectivity index (χ1v) is 7.94. The van der Waals surface area contributed by atoms with Crippen LogP contribution in [0.15, 0.2) is 24.3 Å². The zero-order chi connectivity index (χ0) is 14.7. The molecule has 0 bridgehead atoms. The molecule has 0 amide bonds. The van der Waals surface area contributed by atoms with Crippen molar-refractivity contribution in [1.29, 1.82) is 0 Å². The molecule has 0 aromatic heterocycles. The molecule has 1 fully saturated rings. The quantitative estimate of drug-likeness (QED) is 0.866. The van der Waals surface area contributed by atoms with Gasteiger partial charge in [0, 0.05) is 35.4 Å². The van der Waals surface area contributed by atoms with Crippen LogP contribution < -0.4 is 4.90 Å². The molecule has 108 valence electrons. The highest BCUT2D eigenvalue weighted by molar-refractivity contribution is 8.00. The monoisotopic (exact) mass is 291 g/mol. The average Bonchev–Trinajstić information content (AvgIpc) is 2.40. The van der Waals surface area contributed by atoms with Gasteiger partial charge in [-0.3, -0.25) is 0 Å². The van der Waals surface area contributed by atoms with Crippen LogP contribution in [0.2, 0.25) is 0 Å². The van der Waals surface area contributed by atoms with Gasteiger partial charge in [0.2, 0.25) is 0 Å². The van der Waals surface area contributed by atoms with Crippen LogP contribution in [0.25, 0.3) is 6.08 Å². The number of carboxylic acid groups (broad SMARTS) is 1. The van der Waals surface area contributed by atoms with Crippen LogP contribution in [-0.4, -0.2) is 34.7 Å². The summed E-state index contributed by atoms with van der Waals surface area (Å²) in [7, 11) is 0. The number of nitrogens with zero attached hydrogens (tertiary/aromatic N) is 1. The molecule has 0 spiro atoms. The fourth-order valence-electron chi connectivity index (χ4n) is 2.50. The van der Waals surface area contributed by atoms with Crippen LogP contribution >= 0.6 is 11.8 Å². The number of hydrogen-bond acceptors (Lipinski definition) is 3. The maximum Gasteiger partial charge on any atom is 0.328 e. The Morgan fingerprint density at radius 3 is 2.90 bits per heavy atom. The standard InChI is InChI=1S/C16H21NO2S/c1-11-4-6-15(14(10-11)5-7-16(18)19)17-8-9-20-13(3)12(17)2/h4-7,10,12-13H,8-9H2,1-3H3,(H,18,19)/b7-5+. The van der Waals surface area contributed by atoms with E-state index in [1.54, 1.807) is 6.08 Å². The number of thioether (sulfide) groups is 1.